The van der Waals surface area contributed by atoms with Crippen LogP contribution in [0.3, 0.4) is 0 Å². The van der Waals surface area contributed by atoms with E-state index in [-0.39, 0.29) is 11.3 Å². The van der Waals surface area contributed by atoms with Gasteiger partial charge in [-0.3, -0.25) is 4.79 Å². The number of hydrogen-bond acceptors (Lipinski definition) is 5. The van der Waals surface area contributed by atoms with Gasteiger partial charge in [-0.1, -0.05) is 27.7 Å². The van der Waals surface area contributed by atoms with E-state index in [9.17, 15) is 4.79 Å². The minimum atomic E-state index is -0.00537. The van der Waals surface area contributed by atoms with Crippen molar-refractivity contribution < 1.29 is 4.79 Å². The van der Waals surface area contributed by atoms with E-state index >= 15 is 0 Å². The Hall–Kier alpha value is -0.980. The molecule has 1 aromatic rings. The summed E-state index contributed by atoms with van der Waals surface area (Å²) in [6.45, 7) is 18.1. The van der Waals surface area contributed by atoms with Crippen LogP contribution in [0.1, 0.15) is 54.5 Å². The van der Waals surface area contributed by atoms with E-state index in [1.807, 2.05) is 6.92 Å². The van der Waals surface area contributed by atoms with Crippen LogP contribution in [0.25, 0.3) is 0 Å². The van der Waals surface area contributed by atoms with Crippen molar-refractivity contribution in [1.82, 2.24) is 20.1 Å². The lowest BCUT2D eigenvalue weighted by atomic mass is 9.98. The summed E-state index contributed by atoms with van der Waals surface area (Å²) in [5.41, 5.74) is 0.840. The molecule has 6 heteroatoms. The van der Waals surface area contributed by atoms with Crippen LogP contribution in [0.4, 0.5) is 0 Å². The van der Waals surface area contributed by atoms with E-state index in [1.165, 1.54) is 24.4 Å². The normalized spacial score (nSPS) is 17.2. The number of rotatable bonds is 6. The molecule has 1 amide bonds. The summed E-state index contributed by atoms with van der Waals surface area (Å²) >= 11 is 1.52. The van der Waals surface area contributed by atoms with Gasteiger partial charge in [0.1, 0.15) is 4.88 Å². The summed E-state index contributed by atoms with van der Waals surface area (Å²) in [5, 5.41) is 4.09. The molecule has 0 spiro atoms. The van der Waals surface area contributed by atoms with Crippen LogP contribution in [0, 0.1) is 6.92 Å². The lowest BCUT2D eigenvalue weighted by molar-refractivity contribution is 0.0951. The summed E-state index contributed by atoms with van der Waals surface area (Å²) in [5.74, 6) is 0.0244. The van der Waals surface area contributed by atoms with E-state index in [2.05, 4.69) is 47.8 Å². The molecule has 1 aliphatic rings. The summed E-state index contributed by atoms with van der Waals surface area (Å²) in [7, 11) is 0. The summed E-state index contributed by atoms with van der Waals surface area (Å²) in [4.78, 5) is 22.7. The van der Waals surface area contributed by atoms with Gasteiger partial charge in [0.25, 0.3) is 5.91 Å². The van der Waals surface area contributed by atoms with E-state index in [4.69, 9.17) is 0 Å². The van der Waals surface area contributed by atoms with Crippen LogP contribution in [0.15, 0.2) is 0 Å². The van der Waals surface area contributed by atoms with Crippen molar-refractivity contribution in [2.45, 2.75) is 46.5 Å². The molecule has 0 radical (unpaired) electrons. The number of likely N-dealkylation sites (N-methyl/N-ethyl adjacent to an activating group) is 1. The molecule has 24 heavy (non-hydrogen) atoms. The van der Waals surface area contributed by atoms with Crippen LogP contribution < -0.4 is 5.32 Å². The highest BCUT2D eigenvalue weighted by atomic mass is 32.1. The number of carbonyl (C=O) groups excluding carboxylic acids is 1. The Morgan fingerprint density at radius 2 is 1.83 bits per heavy atom. The molecule has 0 bridgehead atoms. The Labute approximate surface area is 150 Å². The average molecular weight is 353 g/mol. The molecular weight excluding hydrogens is 320 g/mol. The van der Waals surface area contributed by atoms with E-state index in [0.29, 0.717) is 0 Å². The number of carbonyl (C=O) groups is 1. The molecule has 1 saturated heterocycles. The Bertz CT molecular complexity index is 542. The minimum Gasteiger partial charge on any atom is -0.351 e. The molecule has 0 aliphatic carbocycles. The molecular formula is C18H32N4OS. The molecule has 1 fully saturated rings. The Morgan fingerprint density at radius 1 is 1.21 bits per heavy atom. The number of piperazine rings is 1. The van der Waals surface area contributed by atoms with Crippen LogP contribution >= 0.6 is 11.3 Å². The maximum absolute atomic E-state index is 12.4. The summed E-state index contributed by atoms with van der Waals surface area (Å²) in [6.07, 6.45) is 1.00. The van der Waals surface area contributed by atoms with E-state index < -0.39 is 0 Å². The molecule has 2 heterocycles. The van der Waals surface area contributed by atoms with Crippen molar-refractivity contribution in [2.24, 2.45) is 0 Å². The minimum absolute atomic E-state index is 0.00537. The van der Waals surface area contributed by atoms with Crippen LogP contribution in [0.2, 0.25) is 0 Å². The van der Waals surface area contributed by atoms with Crippen LogP contribution in [-0.2, 0) is 5.41 Å². The molecule has 5 nitrogen and oxygen atoms in total. The smallest absolute Gasteiger partial charge is 0.263 e. The number of amides is 1. The monoisotopic (exact) mass is 352 g/mol. The van der Waals surface area contributed by atoms with Gasteiger partial charge in [0.2, 0.25) is 0 Å². The predicted octanol–water partition coefficient (Wildman–Crippen LogP) is 2.51. The van der Waals surface area contributed by atoms with Crippen molar-refractivity contribution in [3.63, 3.8) is 0 Å². The van der Waals surface area contributed by atoms with Gasteiger partial charge in [-0.05, 0) is 26.4 Å². The second kappa shape index (κ2) is 8.41. The van der Waals surface area contributed by atoms with Crippen molar-refractivity contribution >= 4 is 17.2 Å². The van der Waals surface area contributed by atoms with Gasteiger partial charge in [0.15, 0.2) is 0 Å². The number of nitrogens with zero attached hydrogens (tertiary/aromatic N) is 3. The lowest BCUT2D eigenvalue weighted by Crippen LogP contribution is -2.46. The summed E-state index contributed by atoms with van der Waals surface area (Å²) < 4.78 is 0. The number of nitrogens with one attached hydrogen (secondary N) is 1. The highest BCUT2D eigenvalue weighted by Gasteiger charge is 2.23. The zero-order valence-electron chi connectivity index (χ0n) is 15.8. The fourth-order valence-corrected chi connectivity index (χ4v) is 3.88. The fourth-order valence-electron chi connectivity index (χ4n) is 2.84. The first-order chi connectivity index (χ1) is 11.3. The molecule has 0 aromatic carbocycles. The standard InChI is InChI=1S/C18H32N4OS/c1-6-21-10-12-22(13-11-21)9-7-8-19-16(23)15-14(2)20-17(24-15)18(3,4)5/h6-13H2,1-5H3,(H,19,23). The quantitative estimate of drug-likeness (QED) is 0.799. The van der Waals surface area contributed by atoms with Gasteiger partial charge in [-0.2, -0.15) is 0 Å². The average Bonchev–Trinajstić information content (AvgIpc) is 2.94. The van der Waals surface area contributed by atoms with Crippen molar-refractivity contribution in [3.8, 4) is 0 Å². The maximum atomic E-state index is 12.4. The first-order valence-electron chi connectivity index (χ1n) is 9.02. The molecule has 136 valence electrons. The largest absolute Gasteiger partial charge is 0.351 e. The second-order valence-corrected chi connectivity index (χ2v) is 8.57. The van der Waals surface area contributed by atoms with Crippen molar-refractivity contribution in [3.05, 3.63) is 15.6 Å². The van der Waals surface area contributed by atoms with Gasteiger partial charge in [0.05, 0.1) is 10.7 Å². The zero-order valence-corrected chi connectivity index (χ0v) is 16.6. The Morgan fingerprint density at radius 3 is 2.38 bits per heavy atom. The molecule has 1 aromatic heterocycles. The van der Waals surface area contributed by atoms with E-state index in [0.717, 1.165) is 54.7 Å². The molecule has 2 rings (SSSR count). The van der Waals surface area contributed by atoms with Crippen molar-refractivity contribution in [2.75, 3.05) is 45.8 Å². The molecule has 0 atom stereocenters. The van der Waals surface area contributed by atoms with Crippen LogP contribution in [-0.4, -0.2) is 66.5 Å². The molecule has 1 N–H and O–H groups in total. The Balaban J connectivity index is 1.73. The van der Waals surface area contributed by atoms with Gasteiger partial charge in [0, 0.05) is 38.1 Å². The Kier molecular flexibility index (Phi) is 6.78. The predicted molar refractivity (Wildman–Crippen MR) is 101 cm³/mol. The number of thiazole rings is 1. The van der Waals surface area contributed by atoms with Crippen molar-refractivity contribution in [1.29, 1.82) is 0 Å². The van der Waals surface area contributed by atoms with Gasteiger partial charge < -0.3 is 15.1 Å². The zero-order chi connectivity index (χ0) is 17.7. The highest BCUT2D eigenvalue weighted by molar-refractivity contribution is 7.14. The summed E-state index contributed by atoms with van der Waals surface area (Å²) in [6, 6.07) is 0. The third-order valence-corrected chi connectivity index (χ3v) is 6.08. The number of hydrogen-bond donors (Lipinski definition) is 1. The fraction of sp³-hybridized carbons (Fsp3) is 0.778. The van der Waals surface area contributed by atoms with Gasteiger partial charge in [-0.15, -0.1) is 11.3 Å². The third kappa shape index (κ3) is 5.26. The first-order valence-corrected chi connectivity index (χ1v) is 9.83. The van der Waals surface area contributed by atoms with Gasteiger partial charge >= 0.3 is 0 Å². The van der Waals surface area contributed by atoms with Crippen LogP contribution in [0.5, 0.6) is 0 Å². The molecule has 1 aliphatic heterocycles. The number of aromatic nitrogens is 1. The molecule has 0 saturated carbocycles. The topological polar surface area (TPSA) is 48.5 Å². The van der Waals surface area contributed by atoms with E-state index in [1.54, 1.807) is 0 Å². The third-order valence-electron chi connectivity index (χ3n) is 4.49. The SMILES string of the molecule is CCN1CCN(CCCNC(=O)c2sc(C(C)(C)C)nc2C)CC1. The number of aryl methyl sites for hydroxylation is 1. The maximum Gasteiger partial charge on any atom is 0.263 e. The highest BCUT2D eigenvalue weighted by Crippen LogP contribution is 2.29. The first kappa shape index (κ1) is 19.3. The molecule has 0 unspecified atom stereocenters. The van der Waals surface area contributed by atoms with Gasteiger partial charge in [-0.25, -0.2) is 4.98 Å². The second-order valence-electron chi connectivity index (χ2n) is 7.57. The lowest BCUT2D eigenvalue weighted by Gasteiger charge is -2.33.